The van der Waals surface area contributed by atoms with Crippen LogP contribution in [0.25, 0.3) is 11.0 Å². The highest BCUT2D eigenvalue weighted by Gasteiger charge is 2.11. The van der Waals surface area contributed by atoms with E-state index in [9.17, 15) is 9.59 Å². The van der Waals surface area contributed by atoms with E-state index in [1.165, 1.54) is 6.07 Å². The van der Waals surface area contributed by atoms with Gasteiger partial charge in [0.2, 0.25) is 0 Å². The summed E-state index contributed by atoms with van der Waals surface area (Å²) in [5.41, 5.74) is 1.12. The van der Waals surface area contributed by atoms with Crippen LogP contribution in [0.1, 0.15) is 5.56 Å². The predicted octanol–water partition coefficient (Wildman–Crippen LogP) is 2.89. The van der Waals surface area contributed by atoms with Crippen molar-refractivity contribution in [3.63, 3.8) is 0 Å². The van der Waals surface area contributed by atoms with Crippen molar-refractivity contribution < 1.29 is 13.9 Å². The fourth-order valence-electron chi connectivity index (χ4n) is 2.13. The molecule has 0 saturated heterocycles. The third-order valence-electron chi connectivity index (χ3n) is 3.38. The van der Waals surface area contributed by atoms with E-state index in [0.29, 0.717) is 17.9 Å². The topological polar surface area (TPSA) is 59.8 Å². The van der Waals surface area contributed by atoms with E-state index in [4.69, 9.17) is 9.15 Å². The Balaban J connectivity index is 1.63. The van der Waals surface area contributed by atoms with Crippen molar-refractivity contribution in [3.05, 3.63) is 63.1 Å². The first-order valence-corrected chi connectivity index (χ1v) is 7.98. The van der Waals surface area contributed by atoms with Gasteiger partial charge in [-0.25, -0.2) is 4.79 Å². The molecule has 0 spiro atoms. The summed E-state index contributed by atoms with van der Waals surface area (Å²) >= 11 is 1.60. The van der Waals surface area contributed by atoms with E-state index in [1.54, 1.807) is 47.5 Å². The van der Waals surface area contributed by atoms with Crippen LogP contribution in [0.3, 0.4) is 0 Å². The van der Waals surface area contributed by atoms with Crippen molar-refractivity contribution in [2.45, 2.75) is 6.54 Å². The SMILES string of the molecule is CN(Cc1ccsc1)C(=O)COc1ccc2ccc(=O)oc2c1. The Morgan fingerprint density at radius 3 is 2.87 bits per heavy atom. The summed E-state index contributed by atoms with van der Waals surface area (Å²) in [6.07, 6.45) is 0. The molecule has 3 rings (SSSR count). The molecule has 0 aliphatic carbocycles. The maximum Gasteiger partial charge on any atom is 0.336 e. The maximum absolute atomic E-state index is 12.1. The zero-order chi connectivity index (χ0) is 16.2. The van der Waals surface area contributed by atoms with Crippen LogP contribution in [-0.4, -0.2) is 24.5 Å². The first kappa shape index (κ1) is 15.3. The monoisotopic (exact) mass is 329 g/mol. The van der Waals surface area contributed by atoms with Crippen LogP contribution in [0.5, 0.6) is 5.75 Å². The minimum atomic E-state index is -0.416. The van der Waals surface area contributed by atoms with Crippen LogP contribution in [0.2, 0.25) is 0 Å². The van der Waals surface area contributed by atoms with Gasteiger partial charge in [0.05, 0.1) is 0 Å². The van der Waals surface area contributed by atoms with Gasteiger partial charge in [-0.1, -0.05) is 0 Å². The standard InChI is InChI=1S/C17H15NO4S/c1-18(9-12-6-7-23-11-12)16(19)10-21-14-4-2-13-3-5-17(20)22-15(13)8-14/h2-8,11H,9-10H2,1H3. The fourth-order valence-corrected chi connectivity index (χ4v) is 2.79. The lowest BCUT2D eigenvalue weighted by Crippen LogP contribution is -2.30. The second kappa shape index (κ2) is 6.66. The third-order valence-corrected chi connectivity index (χ3v) is 4.11. The Morgan fingerprint density at radius 1 is 1.26 bits per heavy atom. The van der Waals surface area contributed by atoms with E-state index < -0.39 is 5.63 Å². The molecule has 23 heavy (non-hydrogen) atoms. The van der Waals surface area contributed by atoms with Crippen LogP contribution >= 0.6 is 11.3 Å². The number of hydrogen-bond donors (Lipinski definition) is 0. The van der Waals surface area contributed by atoms with Crippen molar-refractivity contribution in [1.82, 2.24) is 4.90 Å². The highest BCUT2D eigenvalue weighted by atomic mass is 32.1. The number of carbonyl (C=O) groups is 1. The summed E-state index contributed by atoms with van der Waals surface area (Å²) in [4.78, 5) is 24.9. The number of fused-ring (bicyclic) bond motifs is 1. The number of carbonyl (C=O) groups excluding carboxylic acids is 1. The lowest BCUT2D eigenvalue weighted by molar-refractivity contribution is -0.132. The molecular weight excluding hydrogens is 314 g/mol. The molecule has 3 aromatic rings. The molecule has 0 saturated carbocycles. The van der Waals surface area contributed by atoms with Gasteiger partial charge in [0.1, 0.15) is 11.3 Å². The second-order valence-corrected chi connectivity index (χ2v) is 5.90. The Morgan fingerprint density at radius 2 is 2.09 bits per heavy atom. The van der Waals surface area contributed by atoms with Crippen LogP contribution in [-0.2, 0) is 11.3 Å². The summed E-state index contributed by atoms with van der Waals surface area (Å²) in [5, 5.41) is 4.79. The Bertz CT molecular complexity index is 870. The van der Waals surface area contributed by atoms with Crippen molar-refractivity contribution in [2.24, 2.45) is 0 Å². The average Bonchev–Trinajstić information content (AvgIpc) is 3.05. The Hall–Kier alpha value is -2.60. The number of likely N-dealkylation sites (N-methyl/N-ethyl adjacent to an activating group) is 1. The van der Waals surface area contributed by atoms with Gasteiger partial charge in [0, 0.05) is 31.1 Å². The van der Waals surface area contributed by atoms with E-state index in [0.717, 1.165) is 10.9 Å². The van der Waals surface area contributed by atoms with Crippen molar-refractivity contribution in [3.8, 4) is 5.75 Å². The number of rotatable bonds is 5. The molecule has 0 N–H and O–H groups in total. The molecule has 118 valence electrons. The van der Waals surface area contributed by atoms with E-state index in [2.05, 4.69) is 0 Å². The fraction of sp³-hybridized carbons (Fsp3) is 0.176. The summed E-state index contributed by atoms with van der Waals surface area (Å²) in [6, 6.07) is 10.2. The zero-order valence-corrected chi connectivity index (χ0v) is 13.3. The number of hydrogen-bond acceptors (Lipinski definition) is 5. The number of ether oxygens (including phenoxy) is 1. The third kappa shape index (κ3) is 3.78. The van der Waals surface area contributed by atoms with Gasteiger partial charge in [-0.3, -0.25) is 4.79 Å². The van der Waals surface area contributed by atoms with Crippen LogP contribution < -0.4 is 10.4 Å². The minimum absolute atomic E-state index is 0.0663. The highest BCUT2D eigenvalue weighted by Crippen LogP contribution is 2.19. The molecule has 1 aromatic carbocycles. The number of nitrogens with zero attached hydrogens (tertiary/aromatic N) is 1. The first-order chi connectivity index (χ1) is 11.1. The summed E-state index contributed by atoms with van der Waals surface area (Å²) in [7, 11) is 1.74. The van der Waals surface area contributed by atoms with Gasteiger partial charge in [0.25, 0.3) is 5.91 Å². The predicted molar refractivity (Wildman–Crippen MR) is 88.8 cm³/mol. The highest BCUT2D eigenvalue weighted by molar-refractivity contribution is 7.07. The number of benzene rings is 1. The van der Waals surface area contributed by atoms with Crippen molar-refractivity contribution in [2.75, 3.05) is 13.7 Å². The molecular formula is C17H15NO4S. The average molecular weight is 329 g/mol. The van der Waals surface area contributed by atoms with Crippen LogP contribution in [0.15, 0.2) is 56.4 Å². The molecule has 6 heteroatoms. The van der Waals surface area contributed by atoms with Crippen molar-refractivity contribution in [1.29, 1.82) is 0 Å². The molecule has 0 fully saturated rings. The van der Waals surface area contributed by atoms with E-state index in [1.807, 2.05) is 16.8 Å². The van der Waals surface area contributed by atoms with E-state index in [-0.39, 0.29) is 12.5 Å². The number of amides is 1. The molecule has 2 aromatic heterocycles. The zero-order valence-electron chi connectivity index (χ0n) is 12.5. The molecule has 0 unspecified atom stereocenters. The quantitative estimate of drug-likeness (QED) is 0.675. The normalized spacial score (nSPS) is 10.7. The molecule has 0 bridgehead atoms. The van der Waals surface area contributed by atoms with Gasteiger partial charge >= 0.3 is 5.63 Å². The van der Waals surface area contributed by atoms with Crippen molar-refractivity contribution >= 4 is 28.2 Å². The number of thiophene rings is 1. The van der Waals surface area contributed by atoms with E-state index >= 15 is 0 Å². The molecule has 5 nitrogen and oxygen atoms in total. The molecule has 1 amide bonds. The smallest absolute Gasteiger partial charge is 0.336 e. The maximum atomic E-state index is 12.1. The second-order valence-electron chi connectivity index (χ2n) is 5.12. The molecule has 0 aliphatic rings. The summed E-state index contributed by atoms with van der Waals surface area (Å²) in [5.74, 6) is 0.370. The molecule has 2 heterocycles. The summed E-state index contributed by atoms with van der Waals surface area (Å²) < 4.78 is 10.6. The lowest BCUT2D eigenvalue weighted by atomic mass is 10.2. The van der Waals surface area contributed by atoms with Crippen LogP contribution in [0.4, 0.5) is 0 Å². The molecule has 0 radical (unpaired) electrons. The minimum Gasteiger partial charge on any atom is -0.484 e. The first-order valence-electron chi connectivity index (χ1n) is 7.03. The van der Waals surface area contributed by atoms with Gasteiger partial charge in [-0.15, -0.1) is 0 Å². The summed E-state index contributed by atoms with van der Waals surface area (Å²) in [6.45, 7) is 0.488. The van der Waals surface area contributed by atoms with Gasteiger partial charge in [0.15, 0.2) is 6.61 Å². The molecule has 0 aliphatic heterocycles. The van der Waals surface area contributed by atoms with Gasteiger partial charge in [-0.05, 0) is 40.6 Å². The Kier molecular flexibility index (Phi) is 4.43. The molecule has 0 atom stereocenters. The van der Waals surface area contributed by atoms with Gasteiger partial charge in [-0.2, -0.15) is 11.3 Å². The lowest BCUT2D eigenvalue weighted by Gasteiger charge is -2.16. The Labute approximate surface area is 136 Å². The largest absolute Gasteiger partial charge is 0.484 e. The van der Waals surface area contributed by atoms with Crippen LogP contribution in [0, 0.1) is 0 Å². The van der Waals surface area contributed by atoms with Gasteiger partial charge < -0.3 is 14.1 Å².